The molecule has 0 saturated heterocycles. The van der Waals surface area contributed by atoms with E-state index in [9.17, 15) is 9.59 Å². The quantitative estimate of drug-likeness (QED) is 0.746. The minimum absolute atomic E-state index is 0.0259. The summed E-state index contributed by atoms with van der Waals surface area (Å²) >= 11 is 0. The van der Waals surface area contributed by atoms with Gasteiger partial charge in [-0.3, -0.25) is 9.36 Å². The van der Waals surface area contributed by atoms with Crippen LogP contribution in [0.5, 0.6) is 0 Å². The minimum Gasteiger partial charge on any atom is -0.352 e. The van der Waals surface area contributed by atoms with Gasteiger partial charge in [-0.05, 0) is 26.2 Å². The normalized spacial score (nSPS) is 15.7. The van der Waals surface area contributed by atoms with Crippen molar-refractivity contribution in [3.8, 4) is 0 Å². The van der Waals surface area contributed by atoms with Gasteiger partial charge in [-0.2, -0.15) is 5.10 Å². The van der Waals surface area contributed by atoms with Crippen molar-refractivity contribution in [2.24, 2.45) is 0 Å². The second-order valence-corrected chi connectivity index (χ2v) is 6.64. The number of hydrogen-bond donors (Lipinski definition) is 1. The van der Waals surface area contributed by atoms with Gasteiger partial charge >= 0.3 is 5.69 Å². The van der Waals surface area contributed by atoms with Crippen LogP contribution in [-0.4, -0.2) is 26.3 Å². The van der Waals surface area contributed by atoms with Crippen molar-refractivity contribution in [1.29, 1.82) is 0 Å². The molecule has 1 unspecified atom stereocenters. The molecule has 2 heterocycles. The van der Waals surface area contributed by atoms with Crippen molar-refractivity contribution in [3.05, 3.63) is 16.3 Å². The van der Waals surface area contributed by atoms with Crippen molar-refractivity contribution >= 4 is 5.91 Å². The number of aryl methyl sites for hydroxylation is 1. The third-order valence-corrected chi connectivity index (χ3v) is 4.47. The van der Waals surface area contributed by atoms with Crippen LogP contribution in [0.15, 0.2) is 4.79 Å². The maximum atomic E-state index is 12.3. The van der Waals surface area contributed by atoms with Crippen molar-refractivity contribution in [1.82, 2.24) is 19.7 Å². The zero-order valence-corrected chi connectivity index (χ0v) is 14.5. The number of amides is 1. The largest absolute Gasteiger partial charge is 0.352 e. The van der Waals surface area contributed by atoms with Crippen LogP contribution in [0.25, 0.3) is 0 Å². The average Bonchev–Trinajstić information content (AvgIpc) is 2.69. The first-order valence-corrected chi connectivity index (χ1v) is 9.07. The lowest BCUT2D eigenvalue weighted by molar-refractivity contribution is -0.122. The van der Waals surface area contributed by atoms with Crippen molar-refractivity contribution in [2.75, 3.05) is 0 Å². The van der Waals surface area contributed by atoms with E-state index in [-0.39, 0.29) is 24.2 Å². The van der Waals surface area contributed by atoms with Crippen LogP contribution in [0, 0.1) is 0 Å². The van der Waals surface area contributed by atoms with Gasteiger partial charge in [0.15, 0.2) is 0 Å². The van der Waals surface area contributed by atoms with Gasteiger partial charge in [0.2, 0.25) is 5.91 Å². The van der Waals surface area contributed by atoms with Crippen molar-refractivity contribution in [2.45, 2.75) is 90.8 Å². The van der Waals surface area contributed by atoms with Gasteiger partial charge < -0.3 is 5.32 Å². The lowest BCUT2D eigenvalue weighted by Gasteiger charge is -2.13. The van der Waals surface area contributed by atoms with Crippen LogP contribution in [-0.2, 0) is 24.3 Å². The second-order valence-electron chi connectivity index (χ2n) is 6.64. The molecular formula is C17H30N4O2. The molecule has 1 aromatic heterocycles. The van der Waals surface area contributed by atoms with Gasteiger partial charge in [-0.15, -0.1) is 0 Å². The molecule has 1 N–H and O–H groups in total. The Morgan fingerprint density at radius 1 is 1.26 bits per heavy atom. The lowest BCUT2D eigenvalue weighted by Crippen LogP contribution is -2.38. The highest BCUT2D eigenvalue weighted by Crippen LogP contribution is 2.10. The predicted octanol–water partition coefficient (Wildman–Crippen LogP) is 2.25. The summed E-state index contributed by atoms with van der Waals surface area (Å²) in [7, 11) is 0. The maximum absolute atomic E-state index is 12.3. The molecule has 130 valence electrons. The van der Waals surface area contributed by atoms with E-state index in [0.29, 0.717) is 0 Å². The number of nitrogens with zero attached hydrogens (tertiary/aromatic N) is 3. The van der Waals surface area contributed by atoms with Gasteiger partial charge in [0.1, 0.15) is 12.4 Å². The number of nitrogens with one attached hydrogen (secondary N) is 1. The summed E-state index contributed by atoms with van der Waals surface area (Å²) < 4.78 is 3.05. The summed E-state index contributed by atoms with van der Waals surface area (Å²) in [6.45, 7) is 4.96. The Balaban J connectivity index is 1.84. The molecule has 1 aliphatic heterocycles. The van der Waals surface area contributed by atoms with E-state index in [4.69, 9.17) is 0 Å². The van der Waals surface area contributed by atoms with E-state index >= 15 is 0 Å². The smallest absolute Gasteiger partial charge is 0.346 e. The molecule has 1 aliphatic rings. The average molecular weight is 322 g/mol. The molecule has 1 amide bonds. The molecule has 0 bridgehead atoms. The van der Waals surface area contributed by atoms with Gasteiger partial charge in [-0.1, -0.05) is 39.0 Å². The zero-order chi connectivity index (χ0) is 16.7. The molecule has 6 heteroatoms. The van der Waals surface area contributed by atoms with Gasteiger partial charge in [0.05, 0.1) is 0 Å². The molecule has 23 heavy (non-hydrogen) atoms. The summed E-state index contributed by atoms with van der Waals surface area (Å²) in [6.07, 6.45) is 9.84. The molecule has 2 rings (SSSR count). The molecule has 6 nitrogen and oxygen atoms in total. The van der Waals surface area contributed by atoms with Crippen LogP contribution in [0.2, 0.25) is 0 Å². The van der Waals surface area contributed by atoms with E-state index in [1.807, 2.05) is 6.92 Å². The molecule has 0 saturated carbocycles. The summed E-state index contributed by atoms with van der Waals surface area (Å²) in [6, 6.07) is 0.149. The standard InChI is InChI=1S/C17H30N4O2/c1-3-4-5-7-10-14(2)18-16(22)13-21-17(23)20-12-9-6-8-11-15(20)19-21/h14H,3-13H2,1-2H3,(H,18,22). The fraction of sp³-hybridized carbons (Fsp3) is 0.824. The molecule has 0 spiro atoms. The van der Waals surface area contributed by atoms with Crippen LogP contribution >= 0.6 is 0 Å². The van der Waals surface area contributed by atoms with E-state index in [1.165, 1.54) is 23.9 Å². The van der Waals surface area contributed by atoms with Crippen molar-refractivity contribution < 1.29 is 4.79 Å². The number of unbranched alkanes of at least 4 members (excludes halogenated alkanes) is 3. The van der Waals surface area contributed by atoms with Gasteiger partial charge in [0, 0.05) is 19.0 Å². The van der Waals surface area contributed by atoms with E-state index in [0.717, 1.165) is 50.9 Å². The first-order valence-electron chi connectivity index (χ1n) is 9.07. The van der Waals surface area contributed by atoms with Crippen LogP contribution in [0.4, 0.5) is 0 Å². The number of aromatic nitrogens is 3. The number of hydrogen-bond acceptors (Lipinski definition) is 3. The number of fused-ring (bicyclic) bond motifs is 1. The molecular weight excluding hydrogens is 292 g/mol. The predicted molar refractivity (Wildman–Crippen MR) is 90.4 cm³/mol. The fourth-order valence-corrected chi connectivity index (χ4v) is 3.13. The first-order chi connectivity index (χ1) is 11.1. The SMILES string of the molecule is CCCCCCC(C)NC(=O)Cn1nc2n(c1=O)CCCCC2. The molecule has 0 fully saturated rings. The van der Waals surface area contributed by atoms with Crippen LogP contribution < -0.4 is 11.0 Å². The first kappa shape index (κ1) is 17.8. The zero-order valence-electron chi connectivity index (χ0n) is 14.5. The third-order valence-electron chi connectivity index (χ3n) is 4.47. The van der Waals surface area contributed by atoms with E-state index in [1.54, 1.807) is 4.57 Å². The summed E-state index contributed by atoms with van der Waals surface area (Å²) in [4.78, 5) is 24.4. The molecule has 1 atom stereocenters. The Morgan fingerprint density at radius 3 is 2.87 bits per heavy atom. The fourth-order valence-electron chi connectivity index (χ4n) is 3.13. The Kier molecular flexibility index (Phi) is 6.86. The van der Waals surface area contributed by atoms with Gasteiger partial charge in [-0.25, -0.2) is 9.48 Å². The van der Waals surface area contributed by atoms with Gasteiger partial charge in [0.25, 0.3) is 0 Å². The molecule has 1 aromatic rings. The van der Waals surface area contributed by atoms with Crippen molar-refractivity contribution in [3.63, 3.8) is 0 Å². The summed E-state index contributed by atoms with van der Waals surface area (Å²) in [5.74, 6) is 0.705. The van der Waals surface area contributed by atoms with Crippen LogP contribution in [0.1, 0.15) is 71.0 Å². The second kappa shape index (κ2) is 8.89. The van der Waals surface area contributed by atoms with E-state index < -0.39 is 0 Å². The monoisotopic (exact) mass is 322 g/mol. The topological polar surface area (TPSA) is 68.9 Å². The number of carbonyl (C=O) groups excluding carboxylic acids is 1. The molecule has 0 radical (unpaired) electrons. The minimum atomic E-state index is -0.146. The Hall–Kier alpha value is -1.59. The Labute approximate surface area is 138 Å². The Bertz CT molecular complexity index is 561. The summed E-state index contributed by atoms with van der Waals surface area (Å²) in [5, 5.41) is 7.33. The lowest BCUT2D eigenvalue weighted by atomic mass is 10.1. The highest BCUT2D eigenvalue weighted by Gasteiger charge is 2.17. The molecule has 0 aliphatic carbocycles. The highest BCUT2D eigenvalue weighted by atomic mass is 16.2. The summed E-state index contributed by atoms with van der Waals surface area (Å²) in [5.41, 5.74) is -0.146. The number of rotatable bonds is 8. The highest BCUT2D eigenvalue weighted by molar-refractivity contribution is 5.75. The maximum Gasteiger partial charge on any atom is 0.346 e. The Morgan fingerprint density at radius 2 is 2.09 bits per heavy atom. The van der Waals surface area contributed by atoms with Crippen LogP contribution in [0.3, 0.4) is 0 Å². The van der Waals surface area contributed by atoms with E-state index in [2.05, 4.69) is 17.3 Å². The molecule has 0 aromatic carbocycles. The third kappa shape index (κ3) is 5.22. The number of carbonyl (C=O) groups is 1.